The summed E-state index contributed by atoms with van der Waals surface area (Å²) >= 11 is 0. The largest absolute Gasteiger partial charge is 0.326 e. The van der Waals surface area contributed by atoms with Crippen LogP contribution in [0.1, 0.15) is 37.1 Å². The minimum Gasteiger partial charge on any atom is -0.326 e. The summed E-state index contributed by atoms with van der Waals surface area (Å²) in [6, 6.07) is 9.11. The van der Waals surface area contributed by atoms with Gasteiger partial charge in [0.2, 0.25) is 0 Å². The van der Waals surface area contributed by atoms with Crippen LogP contribution in [0.4, 0.5) is 4.39 Å². The van der Waals surface area contributed by atoms with Crippen LogP contribution in [-0.4, -0.2) is 27.5 Å². The molecule has 0 saturated carbocycles. The molecule has 0 aliphatic carbocycles. The van der Waals surface area contributed by atoms with E-state index in [0.717, 1.165) is 43.7 Å². The molecule has 1 aromatic carbocycles. The summed E-state index contributed by atoms with van der Waals surface area (Å²) in [6.45, 7) is 4.84. The molecule has 1 fully saturated rings. The smallest absolute Gasteiger partial charge is 0.123 e. The van der Waals surface area contributed by atoms with Crippen molar-refractivity contribution in [3.05, 3.63) is 53.9 Å². The van der Waals surface area contributed by atoms with Gasteiger partial charge in [0, 0.05) is 18.7 Å². The molecule has 1 saturated heterocycles. The van der Waals surface area contributed by atoms with Crippen LogP contribution < -0.4 is 0 Å². The van der Waals surface area contributed by atoms with Crippen LogP contribution in [0.3, 0.4) is 0 Å². The molecule has 4 nitrogen and oxygen atoms in total. The molecule has 5 heteroatoms. The molecular weight excluding hydrogens is 291 g/mol. The van der Waals surface area contributed by atoms with Gasteiger partial charge in [0.05, 0.1) is 24.1 Å². The second kappa shape index (κ2) is 6.93. The van der Waals surface area contributed by atoms with Crippen LogP contribution in [-0.2, 0) is 6.54 Å². The fourth-order valence-electron chi connectivity index (χ4n) is 3.15. The topological polar surface area (TPSA) is 44.9 Å². The van der Waals surface area contributed by atoms with Crippen LogP contribution in [0.2, 0.25) is 0 Å². The van der Waals surface area contributed by atoms with Crippen LogP contribution in [0.5, 0.6) is 0 Å². The third kappa shape index (κ3) is 3.59. The zero-order valence-electron chi connectivity index (χ0n) is 13.3. The Morgan fingerprint density at radius 2 is 2.00 bits per heavy atom. The molecule has 23 heavy (non-hydrogen) atoms. The van der Waals surface area contributed by atoms with E-state index in [-0.39, 0.29) is 17.8 Å². The molecule has 1 aliphatic heterocycles. The van der Waals surface area contributed by atoms with Gasteiger partial charge in [-0.3, -0.25) is 4.90 Å². The first-order chi connectivity index (χ1) is 11.2. The van der Waals surface area contributed by atoms with Gasteiger partial charge in [0.15, 0.2) is 0 Å². The number of hydrogen-bond acceptors (Lipinski definition) is 3. The maximum absolute atomic E-state index is 13.1. The lowest BCUT2D eigenvalue weighted by Crippen LogP contribution is -2.33. The zero-order valence-corrected chi connectivity index (χ0v) is 13.3. The number of nitrogens with zero attached hydrogens (tertiary/aromatic N) is 4. The van der Waals surface area contributed by atoms with Crippen molar-refractivity contribution in [3.8, 4) is 6.07 Å². The van der Waals surface area contributed by atoms with Crippen molar-refractivity contribution in [1.29, 1.82) is 5.26 Å². The summed E-state index contributed by atoms with van der Waals surface area (Å²) in [5.74, 6) is -0.0125. The van der Waals surface area contributed by atoms with Crippen molar-refractivity contribution in [1.82, 2.24) is 14.5 Å². The number of likely N-dealkylation sites (tertiary alicyclic amines) is 1. The predicted molar refractivity (Wildman–Crippen MR) is 86.1 cm³/mol. The number of rotatable bonds is 4. The number of piperidine rings is 1. The quantitative estimate of drug-likeness (QED) is 0.869. The second-order valence-electron chi connectivity index (χ2n) is 6.20. The summed E-state index contributed by atoms with van der Waals surface area (Å²) in [5.41, 5.74) is 2.21. The number of aromatic nitrogens is 2. The average Bonchev–Trinajstić information content (AvgIpc) is 3.04. The van der Waals surface area contributed by atoms with E-state index < -0.39 is 0 Å². The van der Waals surface area contributed by atoms with Crippen LogP contribution in [0.25, 0.3) is 0 Å². The van der Waals surface area contributed by atoms with E-state index in [0.29, 0.717) is 0 Å². The Morgan fingerprint density at radius 3 is 2.65 bits per heavy atom. The fourth-order valence-corrected chi connectivity index (χ4v) is 3.15. The minimum atomic E-state index is -0.216. The lowest BCUT2D eigenvalue weighted by Gasteiger charge is -2.29. The van der Waals surface area contributed by atoms with E-state index in [1.807, 2.05) is 24.7 Å². The molecule has 3 rings (SSSR count). The second-order valence-corrected chi connectivity index (χ2v) is 6.20. The maximum Gasteiger partial charge on any atom is 0.123 e. The summed E-state index contributed by atoms with van der Waals surface area (Å²) in [4.78, 5) is 6.67. The monoisotopic (exact) mass is 312 g/mol. The Labute approximate surface area is 136 Å². The molecule has 1 atom stereocenters. The Bertz CT molecular complexity index is 678. The highest BCUT2D eigenvalue weighted by Crippen LogP contribution is 2.23. The molecule has 1 aliphatic rings. The summed E-state index contributed by atoms with van der Waals surface area (Å²) in [7, 11) is 0. The van der Waals surface area contributed by atoms with Crippen LogP contribution >= 0.6 is 0 Å². The lowest BCUT2D eigenvalue weighted by molar-refractivity contribution is 0.193. The van der Waals surface area contributed by atoms with Crippen molar-refractivity contribution in [3.63, 3.8) is 0 Å². The van der Waals surface area contributed by atoms with Gasteiger partial charge in [0.25, 0.3) is 0 Å². The number of halogens is 1. The first-order valence-corrected chi connectivity index (χ1v) is 8.05. The van der Waals surface area contributed by atoms with E-state index in [1.165, 1.54) is 12.1 Å². The standard InChI is InChI=1S/C18H21FN4/c1-14(16-2-4-17(19)5-3-16)23-13-21-11-18(23)12-22-8-6-15(10-20)7-9-22/h2-5,11,13-15H,6-9,12H2,1H3. The molecule has 120 valence electrons. The molecule has 0 bridgehead atoms. The normalized spacial score (nSPS) is 17.8. The molecule has 0 spiro atoms. The highest BCUT2D eigenvalue weighted by Gasteiger charge is 2.20. The van der Waals surface area contributed by atoms with Crippen molar-refractivity contribution in [2.24, 2.45) is 5.92 Å². The van der Waals surface area contributed by atoms with Crippen molar-refractivity contribution in [2.45, 2.75) is 32.4 Å². The lowest BCUT2D eigenvalue weighted by atomic mass is 9.98. The van der Waals surface area contributed by atoms with Gasteiger partial charge in [-0.2, -0.15) is 5.26 Å². The first kappa shape index (κ1) is 15.7. The molecule has 0 N–H and O–H groups in total. The Morgan fingerprint density at radius 1 is 1.30 bits per heavy atom. The Kier molecular flexibility index (Phi) is 4.73. The summed E-state index contributed by atoms with van der Waals surface area (Å²) < 4.78 is 15.2. The SMILES string of the molecule is CC(c1ccc(F)cc1)n1cncc1CN1CCC(C#N)CC1. The maximum atomic E-state index is 13.1. The summed E-state index contributed by atoms with van der Waals surface area (Å²) in [6.07, 6.45) is 5.62. The number of hydrogen-bond donors (Lipinski definition) is 0. The zero-order chi connectivity index (χ0) is 16.2. The highest BCUT2D eigenvalue weighted by atomic mass is 19.1. The molecule has 2 heterocycles. The van der Waals surface area contributed by atoms with E-state index >= 15 is 0 Å². The predicted octanol–water partition coefficient (Wildman–Crippen LogP) is 3.37. The third-order valence-corrected chi connectivity index (χ3v) is 4.67. The molecule has 1 unspecified atom stereocenters. The molecule has 2 aromatic rings. The van der Waals surface area contributed by atoms with E-state index in [4.69, 9.17) is 5.26 Å². The molecule has 0 radical (unpaired) electrons. The molecular formula is C18H21FN4. The van der Waals surface area contributed by atoms with Gasteiger partial charge in [-0.15, -0.1) is 0 Å². The van der Waals surface area contributed by atoms with Crippen molar-refractivity contribution in [2.75, 3.05) is 13.1 Å². The van der Waals surface area contributed by atoms with Crippen LogP contribution in [0.15, 0.2) is 36.8 Å². The Hall–Kier alpha value is -2.19. The summed E-state index contributed by atoms with van der Waals surface area (Å²) in [5, 5.41) is 8.99. The van der Waals surface area contributed by atoms with Gasteiger partial charge in [-0.25, -0.2) is 9.37 Å². The number of nitriles is 1. The Balaban J connectivity index is 1.70. The van der Waals surface area contributed by atoms with Gasteiger partial charge < -0.3 is 4.57 Å². The minimum absolute atomic E-state index is 0.116. The van der Waals surface area contributed by atoms with Gasteiger partial charge >= 0.3 is 0 Å². The van der Waals surface area contributed by atoms with Gasteiger partial charge in [-0.1, -0.05) is 12.1 Å². The first-order valence-electron chi connectivity index (χ1n) is 8.05. The van der Waals surface area contributed by atoms with E-state index in [2.05, 4.69) is 27.4 Å². The van der Waals surface area contributed by atoms with Gasteiger partial charge in [0.1, 0.15) is 5.82 Å². The number of benzene rings is 1. The number of imidazole rings is 1. The van der Waals surface area contributed by atoms with Crippen LogP contribution in [0, 0.1) is 23.1 Å². The van der Waals surface area contributed by atoms with Crippen molar-refractivity contribution < 1.29 is 4.39 Å². The van der Waals surface area contributed by atoms with Crippen molar-refractivity contribution >= 4 is 0 Å². The highest BCUT2D eigenvalue weighted by molar-refractivity contribution is 5.21. The average molecular weight is 312 g/mol. The van der Waals surface area contributed by atoms with E-state index in [1.54, 1.807) is 0 Å². The third-order valence-electron chi connectivity index (χ3n) is 4.67. The fraction of sp³-hybridized carbons (Fsp3) is 0.444. The van der Waals surface area contributed by atoms with Gasteiger partial charge in [-0.05, 0) is 50.6 Å². The molecule has 0 amide bonds. The van der Waals surface area contributed by atoms with E-state index in [9.17, 15) is 4.39 Å². The molecule has 1 aromatic heterocycles.